The Hall–Kier alpha value is 0.177. The predicted octanol–water partition coefficient (Wildman–Crippen LogP) is 0.803. The SMILES string of the molecule is C1CO1.C[Si]C. The molecule has 1 aliphatic heterocycles. The van der Waals surface area contributed by atoms with E-state index in [9.17, 15) is 0 Å². The van der Waals surface area contributed by atoms with Crippen molar-refractivity contribution in [2.45, 2.75) is 13.1 Å². The minimum atomic E-state index is 1.00. The van der Waals surface area contributed by atoms with E-state index in [-0.39, 0.29) is 0 Å². The number of hydrogen-bond donors (Lipinski definition) is 0. The third-order valence-corrected chi connectivity index (χ3v) is 0.204. The molecule has 1 heterocycles. The number of hydrogen-bond acceptors (Lipinski definition) is 1. The van der Waals surface area contributed by atoms with Crippen molar-refractivity contribution in [3.05, 3.63) is 0 Å². The van der Waals surface area contributed by atoms with Crippen molar-refractivity contribution in [2.24, 2.45) is 0 Å². The molecule has 0 unspecified atom stereocenters. The van der Waals surface area contributed by atoms with Gasteiger partial charge in [0.15, 0.2) is 0 Å². The first-order valence-corrected chi connectivity index (χ1v) is 4.08. The summed E-state index contributed by atoms with van der Waals surface area (Å²) >= 11 is 0. The molecule has 0 aromatic carbocycles. The molecule has 0 amide bonds. The Morgan fingerprint density at radius 3 is 1.50 bits per heavy atom. The lowest BCUT2D eigenvalue weighted by molar-refractivity contribution is 0.475. The van der Waals surface area contributed by atoms with E-state index in [1.54, 1.807) is 0 Å². The van der Waals surface area contributed by atoms with Crippen LogP contribution in [0.2, 0.25) is 13.1 Å². The molecule has 0 saturated carbocycles. The summed E-state index contributed by atoms with van der Waals surface area (Å²) in [6, 6.07) is 0. The van der Waals surface area contributed by atoms with Gasteiger partial charge in [-0.1, -0.05) is 13.1 Å². The summed E-state index contributed by atoms with van der Waals surface area (Å²) in [5.74, 6) is 0. The molecule has 1 fully saturated rings. The standard InChI is InChI=1S/C2H4O.C2H6Si/c1-2-3-1;1-3-2/h1-2H2;1-2H3. The van der Waals surface area contributed by atoms with Crippen molar-refractivity contribution in [3.63, 3.8) is 0 Å². The van der Waals surface area contributed by atoms with E-state index in [2.05, 4.69) is 17.8 Å². The molecular formula is C4H10OSi. The van der Waals surface area contributed by atoms with Gasteiger partial charge in [0.05, 0.1) is 13.2 Å². The van der Waals surface area contributed by atoms with E-state index >= 15 is 0 Å². The molecule has 0 aromatic rings. The van der Waals surface area contributed by atoms with Gasteiger partial charge in [-0.05, 0) is 0 Å². The third-order valence-electron chi connectivity index (χ3n) is 0.204. The van der Waals surface area contributed by atoms with Crippen LogP contribution in [0, 0.1) is 0 Å². The van der Waals surface area contributed by atoms with E-state index in [1.807, 2.05) is 0 Å². The maximum atomic E-state index is 4.50. The van der Waals surface area contributed by atoms with Crippen molar-refractivity contribution in [1.29, 1.82) is 0 Å². The van der Waals surface area contributed by atoms with E-state index in [4.69, 9.17) is 0 Å². The lowest BCUT2D eigenvalue weighted by atomic mass is 11.0. The van der Waals surface area contributed by atoms with Crippen molar-refractivity contribution < 1.29 is 4.74 Å². The Balaban J connectivity index is 0.0000000833. The van der Waals surface area contributed by atoms with Crippen molar-refractivity contribution in [1.82, 2.24) is 0 Å². The molecule has 1 nitrogen and oxygen atoms in total. The summed E-state index contributed by atoms with van der Waals surface area (Å²) in [4.78, 5) is 0. The molecule has 2 heteroatoms. The Labute approximate surface area is 41.5 Å². The summed E-state index contributed by atoms with van der Waals surface area (Å²) in [7, 11) is 1.08. The first-order chi connectivity index (χ1) is 2.91. The van der Waals surface area contributed by atoms with E-state index in [0.29, 0.717) is 0 Å². The molecule has 0 N–H and O–H groups in total. The first-order valence-electron chi connectivity index (χ1n) is 2.08. The second-order valence-electron chi connectivity index (χ2n) is 1.11. The second kappa shape index (κ2) is 5.18. The van der Waals surface area contributed by atoms with Crippen LogP contribution >= 0.6 is 0 Å². The van der Waals surface area contributed by atoms with Crippen molar-refractivity contribution in [2.75, 3.05) is 13.2 Å². The Morgan fingerprint density at radius 2 is 1.50 bits per heavy atom. The van der Waals surface area contributed by atoms with Crippen LogP contribution in [0.5, 0.6) is 0 Å². The van der Waals surface area contributed by atoms with E-state index in [0.717, 1.165) is 22.7 Å². The zero-order valence-corrected chi connectivity index (χ0v) is 5.32. The summed E-state index contributed by atoms with van der Waals surface area (Å²) in [5.41, 5.74) is 0. The normalized spacial score (nSPS) is 15.0. The van der Waals surface area contributed by atoms with Gasteiger partial charge in [0.2, 0.25) is 0 Å². The summed E-state index contributed by atoms with van der Waals surface area (Å²) in [6.07, 6.45) is 0. The molecule has 1 saturated heterocycles. The number of rotatable bonds is 0. The fourth-order valence-electron chi connectivity index (χ4n) is 0. The van der Waals surface area contributed by atoms with Crippen LogP contribution in [-0.2, 0) is 4.74 Å². The Morgan fingerprint density at radius 1 is 1.33 bits per heavy atom. The fourth-order valence-corrected chi connectivity index (χ4v) is 0. The highest BCUT2D eigenvalue weighted by Gasteiger charge is 1.94. The molecule has 1 aliphatic rings. The van der Waals surface area contributed by atoms with Gasteiger partial charge in [-0.15, -0.1) is 0 Å². The van der Waals surface area contributed by atoms with Gasteiger partial charge in [0, 0.05) is 9.52 Å². The van der Waals surface area contributed by atoms with Gasteiger partial charge >= 0.3 is 0 Å². The monoisotopic (exact) mass is 102 g/mol. The van der Waals surface area contributed by atoms with E-state index in [1.165, 1.54) is 0 Å². The number of ether oxygens (including phenoxy) is 1. The van der Waals surface area contributed by atoms with Gasteiger partial charge in [-0.25, -0.2) is 0 Å². The Bertz CT molecular complexity index is 18.8. The fraction of sp³-hybridized carbons (Fsp3) is 1.00. The molecule has 0 atom stereocenters. The quantitative estimate of drug-likeness (QED) is 0.325. The minimum Gasteiger partial charge on any atom is -0.377 e. The summed E-state index contributed by atoms with van der Waals surface area (Å²) in [5, 5.41) is 0. The topological polar surface area (TPSA) is 12.5 Å². The van der Waals surface area contributed by atoms with Crippen molar-refractivity contribution >= 4 is 9.52 Å². The van der Waals surface area contributed by atoms with E-state index < -0.39 is 0 Å². The first kappa shape index (κ1) is 6.18. The van der Waals surface area contributed by atoms with Crippen LogP contribution < -0.4 is 0 Å². The molecule has 0 bridgehead atoms. The van der Waals surface area contributed by atoms with Gasteiger partial charge < -0.3 is 4.74 Å². The molecule has 6 heavy (non-hydrogen) atoms. The van der Waals surface area contributed by atoms with Gasteiger partial charge in [0.25, 0.3) is 0 Å². The third kappa shape index (κ3) is 30.4. The van der Waals surface area contributed by atoms with Gasteiger partial charge in [-0.3, -0.25) is 0 Å². The zero-order chi connectivity index (χ0) is 4.83. The second-order valence-corrected chi connectivity index (χ2v) is 2.11. The van der Waals surface area contributed by atoms with Crippen LogP contribution in [0.25, 0.3) is 0 Å². The predicted molar refractivity (Wildman–Crippen MR) is 28.3 cm³/mol. The molecule has 0 aromatic heterocycles. The van der Waals surface area contributed by atoms with Crippen LogP contribution in [0.1, 0.15) is 0 Å². The molecular weight excluding hydrogens is 92.1 g/mol. The molecule has 1 rings (SSSR count). The van der Waals surface area contributed by atoms with Crippen LogP contribution in [0.4, 0.5) is 0 Å². The maximum absolute atomic E-state index is 4.50. The average Bonchev–Trinajstić information content (AvgIpc) is 2.11. The largest absolute Gasteiger partial charge is 0.377 e. The lowest BCUT2D eigenvalue weighted by Gasteiger charge is -1.44. The minimum absolute atomic E-state index is 1.00. The molecule has 0 aliphatic carbocycles. The molecule has 2 radical (unpaired) electrons. The maximum Gasteiger partial charge on any atom is 0.0701 e. The van der Waals surface area contributed by atoms with Crippen LogP contribution in [0.15, 0.2) is 0 Å². The van der Waals surface area contributed by atoms with Gasteiger partial charge in [0.1, 0.15) is 0 Å². The zero-order valence-electron chi connectivity index (χ0n) is 4.32. The molecule has 0 spiro atoms. The van der Waals surface area contributed by atoms with Gasteiger partial charge in [-0.2, -0.15) is 0 Å². The van der Waals surface area contributed by atoms with Crippen LogP contribution in [-0.4, -0.2) is 22.7 Å². The summed E-state index contributed by atoms with van der Waals surface area (Å²) < 4.78 is 4.50. The highest BCUT2D eigenvalue weighted by molar-refractivity contribution is 6.31. The Kier molecular flexibility index (Phi) is 5.33. The van der Waals surface area contributed by atoms with Crippen molar-refractivity contribution in [3.8, 4) is 0 Å². The number of epoxide rings is 1. The lowest BCUT2D eigenvalue weighted by Crippen LogP contribution is -1.53. The highest BCUT2D eigenvalue weighted by Crippen LogP contribution is 1.84. The summed E-state index contributed by atoms with van der Waals surface area (Å²) in [6.45, 7) is 6.31. The smallest absolute Gasteiger partial charge is 0.0701 e. The molecule has 36 valence electrons. The average molecular weight is 102 g/mol. The van der Waals surface area contributed by atoms with Crippen LogP contribution in [0.3, 0.4) is 0 Å². The highest BCUT2D eigenvalue weighted by atomic mass is 28.2.